The van der Waals surface area contributed by atoms with Crippen LogP contribution in [0.15, 0.2) is 35.6 Å². The summed E-state index contributed by atoms with van der Waals surface area (Å²) in [5.74, 6) is -2.17. The second kappa shape index (κ2) is 9.29. The van der Waals surface area contributed by atoms with Crippen LogP contribution >= 0.6 is 0 Å². The Morgan fingerprint density at radius 2 is 1.92 bits per heavy atom. The van der Waals surface area contributed by atoms with Crippen LogP contribution in [0.1, 0.15) is 5.56 Å². The van der Waals surface area contributed by atoms with Crippen LogP contribution in [0.5, 0.6) is 5.75 Å². The maximum Gasteiger partial charge on any atom is 0.256 e. The largest absolute Gasteiger partial charge is 0.489 e. The van der Waals surface area contributed by atoms with E-state index < -0.39 is 35.7 Å². The van der Waals surface area contributed by atoms with Crippen molar-refractivity contribution >= 4 is 0 Å². The SMILES string of the molecule is C=CCOc1cc(F)c(-c2[c-]cc(C)c(=O)n2CC(F)F)c(F)c1.[Y]. The normalized spacial score (nSPS) is 10.5. The molecule has 1 heterocycles. The van der Waals surface area contributed by atoms with Gasteiger partial charge >= 0.3 is 0 Å². The number of alkyl halides is 2. The molecule has 0 N–H and O–H groups in total. The van der Waals surface area contributed by atoms with E-state index in [2.05, 4.69) is 12.6 Å². The van der Waals surface area contributed by atoms with Crippen molar-refractivity contribution in [1.29, 1.82) is 0 Å². The zero-order valence-electron chi connectivity index (χ0n) is 13.4. The van der Waals surface area contributed by atoms with Crippen LogP contribution in [0.25, 0.3) is 11.3 Å². The van der Waals surface area contributed by atoms with E-state index in [0.29, 0.717) is 4.57 Å². The minimum absolute atomic E-state index is 0. The third-order valence-corrected chi connectivity index (χ3v) is 3.22. The molecule has 0 aliphatic heterocycles. The molecule has 0 spiro atoms. The predicted molar refractivity (Wildman–Crippen MR) is 81.3 cm³/mol. The summed E-state index contributed by atoms with van der Waals surface area (Å²) in [7, 11) is 0. The Bertz CT molecular complexity index is 798. The quantitative estimate of drug-likeness (QED) is 0.398. The van der Waals surface area contributed by atoms with E-state index in [1.54, 1.807) is 0 Å². The van der Waals surface area contributed by atoms with Gasteiger partial charge in [0.05, 0.1) is 18.2 Å². The molecule has 0 fully saturated rings. The first-order chi connectivity index (χ1) is 11.3. The first kappa shape index (κ1) is 21.6. The minimum atomic E-state index is -2.86. The van der Waals surface area contributed by atoms with Crippen molar-refractivity contribution < 1.29 is 55.0 Å². The Balaban J connectivity index is 0.00000312. The number of ether oxygens (including phenoxy) is 1. The minimum Gasteiger partial charge on any atom is -0.489 e. The van der Waals surface area contributed by atoms with Gasteiger partial charge in [-0.3, -0.25) is 4.79 Å². The van der Waals surface area contributed by atoms with E-state index in [0.717, 1.165) is 12.1 Å². The molecular formula is C17H14F4NO2Y-. The molecule has 8 heteroatoms. The van der Waals surface area contributed by atoms with Gasteiger partial charge in [-0.15, -0.1) is 0 Å². The van der Waals surface area contributed by atoms with E-state index in [4.69, 9.17) is 4.74 Å². The molecule has 0 amide bonds. The fraction of sp³-hybridized carbons (Fsp3) is 0.235. The summed E-state index contributed by atoms with van der Waals surface area (Å²) in [6, 6.07) is 5.53. The molecule has 2 rings (SSSR count). The van der Waals surface area contributed by atoms with E-state index >= 15 is 0 Å². The van der Waals surface area contributed by atoms with Crippen LogP contribution < -0.4 is 10.3 Å². The van der Waals surface area contributed by atoms with Crippen LogP contribution in [0.3, 0.4) is 0 Å². The third kappa shape index (κ3) is 5.01. The summed E-state index contributed by atoms with van der Waals surface area (Å²) in [5.41, 5.74) is -1.60. The summed E-state index contributed by atoms with van der Waals surface area (Å²) >= 11 is 0. The summed E-state index contributed by atoms with van der Waals surface area (Å²) < 4.78 is 59.8. The molecule has 0 unspecified atom stereocenters. The second-order valence-electron chi connectivity index (χ2n) is 4.99. The summed E-state index contributed by atoms with van der Waals surface area (Å²) in [4.78, 5) is 12.1. The summed E-state index contributed by atoms with van der Waals surface area (Å²) in [6.07, 6.45) is -1.46. The Kier molecular flexibility index (Phi) is 8.02. The number of aromatic nitrogens is 1. The van der Waals surface area contributed by atoms with Crippen LogP contribution in [0, 0.1) is 24.6 Å². The first-order valence-electron chi connectivity index (χ1n) is 6.98. The van der Waals surface area contributed by atoms with E-state index in [9.17, 15) is 22.4 Å². The maximum absolute atomic E-state index is 14.3. The van der Waals surface area contributed by atoms with Crippen molar-refractivity contribution in [2.75, 3.05) is 6.61 Å². The average molecular weight is 429 g/mol. The molecule has 131 valence electrons. The Hall–Kier alpha value is -1.47. The molecule has 1 radical (unpaired) electrons. The molecule has 1 aromatic heterocycles. The van der Waals surface area contributed by atoms with Gasteiger partial charge in [0.1, 0.15) is 12.4 Å². The number of benzene rings is 1. The molecule has 0 saturated carbocycles. The second-order valence-corrected chi connectivity index (χ2v) is 4.99. The number of rotatable bonds is 6. The van der Waals surface area contributed by atoms with Gasteiger partial charge in [-0.25, -0.2) is 17.6 Å². The standard InChI is InChI=1S/C17H14F4NO2.Y/c1-3-6-24-11-7-12(18)16(13(19)8-11)14-5-4-10(2)17(23)22(14)9-15(20)21;/h3-4,7-8,15H,1,6,9H2,2H3;/q-1;. The number of halogens is 4. The van der Waals surface area contributed by atoms with Gasteiger partial charge in [-0.2, -0.15) is 12.1 Å². The number of pyridine rings is 1. The molecule has 0 atom stereocenters. The summed E-state index contributed by atoms with van der Waals surface area (Å²) in [5, 5.41) is 0. The zero-order chi connectivity index (χ0) is 17.9. The van der Waals surface area contributed by atoms with Crippen molar-refractivity contribution in [1.82, 2.24) is 4.57 Å². The van der Waals surface area contributed by atoms with E-state index in [1.807, 2.05) is 0 Å². The smallest absolute Gasteiger partial charge is 0.256 e. The summed E-state index contributed by atoms with van der Waals surface area (Å²) in [6.45, 7) is 3.88. The average Bonchev–Trinajstić information content (AvgIpc) is 2.51. The van der Waals surface area contributed by atoms with Gasteiger partial charge in [-0.05, 0) is 5.56 Å². The molecule has 0 aliphatic rings. The van der Waals surface area contributed by atoms with Crippen LogP contribution in [-0.2, 0) is 39.3 Å². The van der Waals surface area contributed by atoms with Gasteiger partial charge in [0.15, 0.2) is 5.56 Å². The van der Waals surface area contributed by atoms with Gasteiger partial charge < -0.3 is 9.30 Å². The van der Waals surface area contributed by atoms with Crippen LogP contribution in [0.2, 0.25) is 0 Å². The maximum atomic E-state index is 14.3. The Labute approximate surface area is 167 Å². The van der Waals surface area contributed by atoms with E-state index in [1.165, 1.54) is 19.1 Å². The van der Waals surface area contributed by atoms with E-state index in [-0.39, 0.29) is 56.3 Å². The molecule has 3 nitrogen and oxygen atoms in total. The fourth-order valence-electron chi connectivity index (χ4n) is 2.16. The number of aryl methyl sites for hydroxylation is 1. The van der Waals surface area contributed by atoms with Crippen molar-refractivity contribution in [2.24, 2.45) is 0 Å². The molecule has 0 bridgehead atoms. The number of hydrogen-bond donors (Lipinski definition) is 0. The molecule has 25 heavy (non-hydrogen) atoms. The van der Waals surface area contributed by atoms with Crippen LogP contribution in [0.4, 0.5) is 17.6 Å². The third-order valence-electron chi connectivity index (χ3n) is 3.22. The Morgan fingerprint density at radius 3 is 2.44 bits per heavy atom. The molecule has 2 aromatic rings. The number of hydrogen-bond acceptors (Lipinski definition) is 2. The van der Waals surface area contributed by atoms with Gasteiger partial charge in [-0.1, -0.05) is 30.8 Å². The van der Waals surface area contributed by atoms with Crippen molar-refractivity contribution in [3.8, 4) is 17.0 Å². The van der Waals surface area contributed by atoms with Crippen molar-refractivity contribution in [3.05, 3.63) is 64.5 Å². The van der Waals surface area contributed by atoms with Gasteiger partial charge in [0, 0.05) is 44.8 Å². The zero-order valence-corrected chi connectivity index (χ0v) is 16.2. The number of nitrogens with zero attached hydrogens (tertiary/aromatic N) is 1. The Morgan fingerprint density at radius 1 is 1.32 bits per heavy atom. The van der Waals surface area contributed by atoms with Crippen LogP contribution in [-0.4, -0.2) is 17.6 Å². The topological polar surface area (TPSA) is 31.2 Å². The molecule has 1 aromatic carbocycles. The van der Waals surface area contributed by atoms with Crippen molar-refractivity contribution in [2.45, 2.75) is 19.9 Å². The molecule has 0 saturated heterocycles. The van der Waals surface area contributed by atoms with Gasteiger partial charge in [0.2, 0.25) is 0 Å². The van der Waals surface area contributed by atoms with Gasteiger partial charge in [0.25, 0.3) is 6.43 Å². The predicted octanol–water partition coefficient (Wildman–Crippen LogP) is 3.73. The fourth-order valence-corrected chi connectivity index (χ4v) is 2.16. The molecular weight excluding hydrogens is 415 g/mol. The monoisotopic (exact) mass is 429 g/mol. The van der Waals surface area contributed by atoms with Crippen molar-refractivity contribution in [3.63, 3.8) is 0 Å². The molecule has 0 aliphatic carbocycles. The first-order valence-corrected chi connectivity index (χ1v) is 6.98.